The van der Waals surface area contributed by atoms with Gasteiger partial charge in [0.2, 0.25) is 5.88 Å². The number of imide groups is 2. The fraction of sp³-hybridized carbons (Fsp3) is 0.500. The van der Waals surface area contributed by atoms with Crippen molar-refractivity contribution in [2.75, 3.05) is 13.1 Å². The van der Waals surface area contributed by atoms with E-state index in [1.54, 1.807) is 19.9 Å². The molecule has 1 saturated heterocycles. The van der Waals surface area contributed by atoms with Gasteiger partial charge in [0.05, 0.1) is 0 Å². The zero-order valence-electron chi connectivity index (χ0n) is 22.0. The lowest BCUT2D eigenvalue weighted by Crippen LogP contribution is -2.56. The normalized spacial score (nSPS) is 18.2. The minimum atomic E-state index is -0.614. The smallest absolute Gasteiger partial charge is 0.333 e. The van der Waals surface area contributed by atoms with Gasteiger partial charge in [-0.3, -0.25) is 33.3 Å². The number of carbonyl (C=O) groups excluding carboxylic acids is 3. The Kier molecular flexibility index (Phi) is 7.59. The minimum Gasteiger partial charge on any atom is -0.494 e. The van der Waals surface area contributed by atoms with Gasteiger partial charge < -0.3 is 5.11 Å². The zero-order chi connectivity index (χ0) is 27.1. The third-order valence-corrected chi connectivity index (χ3v) is 7.31. The first-order valence-corrected chi connectivity index (χ1v) is 12.6. The van der Waals surface area contributed by atoms with E-state index < -0.39 is 23.3 Å². The molecule has 9 nitrogen and oxygen atoms in total. The van der Waals surface area contributed by atoms with Crippen molar-refractivity contribution < 1.29 is 19.5 Å². The van der Waals surface area contributed by atoms with Gasteiger partial charge in [-0.1, -0.05) is 19.9 Å². The Bertz CT molecular complexity index is 1330. The van der Waals surface area contributed by atoms with Crippen LogP contribution in [0.5, 0.6) is 5.88 Å². The van der Waals surface area contributed by atoms with Gasteiger partial charge in [-0.05, 0) is 81.5 Å². The van der Waals surface area contributed by atoms with E-state index in [4.69, 9.17) is 12.2 Å². The number of amides is 4. The average Bonchev–Trinajstić information content (AvgIpc) is 2.79. The molecule has 4 amide bonds. The molecule has 1 fully saturated rings. The van der Waals surface area contributed by atoms with Crippen molar-refractivity contribution in [1.29, 1.82) is 0 Å². The zero-order valence-corrected chi connectivity index (χ0v) is 22.8. The number of nitrogens with zero attached hydrogens (tertiary/aromatic N) is 4. The molecule has 0 bridgehead atoms. The fourth-order valence-corrected chi connectivity index (χ4v) is 5.45. The van der Waals surface area contributed by atoms with Gasteiger partial charge in [-0.2, -0.15) is 0 Å². The van der Waals surface area contributed by atoms with E-state index in [0.29, 0.717) is 25.1 Å². The number of likely N-dealkylation sites (N-methyl/N-ethyl adjacent to an activating group) is 2. The highest BCUT2D eigenvalue weighted by Crippen LogP contribution is 2.45. The lowest BCUT2D eigenvalue weighted by Gasteiger charge is -2.36. The first-order chi connectivity index (χ1) is 16.9. The number of hydrogen-bond donors (Lipinski definition) is 1. The highest BCUT2D eigenvalue weighted by atomic mass is 32.1. The van der Waals surface area contributed by atoms with E-state index in [-0.39, 0.29) is 40.4 Å². The first-order valence-electron chi connectivity index (χ1n) is 12.2. The summed E-state index contributed by atoms with van der Waals surface area (Å²) in [6.07, 6.45) is 3.77. The lowest BCUT2D eigenvalue weighted by atomic mass is 9.71. The van der Waals surface area contributed by atoms with Gasteiger partial charge in [-0.15, -0.1) is 0 Å². The van der Waals surface area contributed by atoms with Crippen molar-refractivity contribution in [2.45, 2.75) is 68.0 Å². The van der Waals surface area contributed by atoms with Crippen LogP contribution in [-0.4, -0.2) is 55.0 Å². The van der Waals surface area contributed by atoms with Crippen LogP contribution in [0.1, 0.15) is 60.5 Å². The highest BCUT2D eigenvalue weighted by molar-refractivity contribution is 7.71. The molecule has 2 aliphatic rings. The summed E-state index contributed by atoms with van der Waals surface area (Å²) in [5, 5.41) is 11.0. The number of allylic oxidation sites excluding steroid dienone is 5. The number of urea groups is 1. The van der Waals surface area contributed by atoms with Gasteiger partial charge in [-0.25, -0.2) is 4.79 Å². The molecular weight excluding hydrogens is 480 g/mol. The maximum Gasteiger partial charge on any atom is 0.333 e. The van der Waals surface area contributed by atoms with E-state index in [1.807, 2.05) is 40.7 Å². The van der Waals surface area contributed by atoms with E-state index in [9.17, 15) is 24.3 Å². The molecule has 0 saturated carbocycles. The number of aromatic hydroxyl groups is 1. The predicted molar refractivity (Wildman–Crippen MR) is 140 cm³/mol. The van der Waals surface area contributed by atoms with Crippen LogP contribution in [0.3, 0.4) is 0 Å². The predicted octanol–water partition coefficient (Wildman–Crippen LogP) is 4.01. The molecule has 0 spiro atoms. The van der Waals surface area contributed by atoms with Crippen molar-refractivity contribution in [3.8, 4) is 5.88 Å². The Balaban J connectivity index is 2.24. The van der Waals surface area contributed by atoms with E-state index in [2.05, 4.69) is 0 Å². The summed E-state index contributed by atoms with van der Waals surface area (Å²) in [4.78, 5) is 54.0. The molecule has 1 aromatic rings. The molecule has 1 aliphatic heterocycles. The van der Waals surface area contributed by atoms with Crippen LogP contribution in [0, 0.1) is 10.2 Å². The Morgan fingerprint density at radius 1 is 0.944 bits per heavy atom. The Labute approximate surface area is 216 Å². The summed E-state index contributed by atoms with van der Waals surface area (Å²) in [5.41, 5.74) is 1.37. The molecule has 1 aromatic heterocycles. The molecule has 1 N–H and O–H groups in total. The molecule has 0 aromatic carbocycles. The monoisotopic (exact) mass is 514 g/mol. The molecule has 0 atom stereocenters. The minimum absolute atomic E-state index is 0.0620. The van der Waals surface area contributed by atoms with Crippen molar-refractivity contribution >= 4 is 35.6 Å². The summed E-state index contributed by atoms with van der Waals surface area (Å²) in [6.45, 7) is 13.9. The Hall–Kier alpha value is -3.27. The van der Waals surface area contributed by atoms with E-state index >= 15 is 0 Å². The van der Waals surface area contributed by atoms with Crippen LogP contribution < -0.4 is 5.56 Å². The molecule has 0 radical (unpaired) electrons. The summed E-state index contributed by atoms with van der Waals surface area (Å²) in [5.74, 6) is -1.39. The summed E-state index contributed by atoms with van der Waals surface area (Å²) in [7, 11) is 0. The van der Waals surface area contributed by atoms with Crippen LogP contribution in [0.4, 0.5) is 4.79 Å². The van der Waals surface area contributed by atoms with Crippen molar-refractivity contribution in [3.63, 3.8) is 0 Å². The van der Waals surface area contributed by atoms with Crippen LogP contribution in [0.2, 0.25) is 0 Å². The molecular formula is C26H34N4O5S. The second-order valence-electron chi connectivity index (χ2n) is 9.54. The van der Waals surface area contributed by atoms with E-state index in [0.717, 1.165) is 20.9 Å². The lowest BCUT2D eigenvalue weighted by molar-refractivity contribution is -0.135. The molecule has 2 heterocycles. The molecule has 3 rings (SSSR count). The van der Waals surface area contributed by atoms with Gasteiger partial charge in [0.1, 0.15) is 11.1 Å². The first kappa shape index (κ1) is 27.3. The Morgan fingerprint density at radius 2 is 1.47 bits per heavy atom. The number of rotatable bonds is 6. The standard InChI is InChI=1S/C26H34N4O5S/c1-8-27-20(31)17(21(32)28(9-2)24(27)35)13-18-15(5)12-16(14-26(18,6)7)19-22(33)29(10-3)25(36)30(11-4)23(19)34/h12-13,33H,8-11,14H2,1-7H3. The molecule has 0 unspecified atom stereocenters. The third kappa shape index (κ3) is 4.27. The van der Waals surface area contributed by atoms with Crippen molar-refractivity contribution in [3.05, 3.63) is 49.6 Å². The summed E-state index contributed by atoms with van der Waals surface area (Å²) in [6, 6.07) is -0.611. The largest absolute Gasteiger partial charge is 0.494 e. The quantitative estimate of drug-likeness (QED) is 0.349. The SMILES string of the molecule is CCN1C(=O)C(=CC2=C(C)C=C(c3c(O)n(CC)c(=S)n(CC)c3=O)CC2(C)C)C(=O)N(CC)C1=O. The van der Waals surface area contributed by atoms with Crippen LogP contribution >= 0.6 is 12.2 Å². The molecule has 1 aliphatic carbocycles. The third-order valence-electron chi connectivity index (χ3n) is 6.86. The molecule has 36 heavy (non-hydrogen) atoms. The molecule has 194 valence electrons. The topological polar surface area (TPSA) is 105 Å². The van der Waals surface area contributed by atoms with Crippen molar-refractivity contribution in [1.82, 2.24) is 18.9 Å². The summed E-state index contributed by atoms with van der Waals surface area (Å²) < 4.78 is 3.27. The number of carbonyl (C=O) groups is 3. The number of aromatic nitrogens is 2. The maximum atomic E-state index is 13.3. The van der Waals surface area contributed by atoms with Crippen LogP contribution in [-0.2, 0) is 22.7 Å². The van der Waals surface area contributed by atoms with Gasteiger partial charge in [0.15, 0.2) is 4.77 Å². The van der Waals surface area contributed by atoms with E-state index in [1.165, 1.54) is 9.13 Å². The summed E-state index contributed by atoms with van der Waals surface area (Å²) >= 11 is 5.41. The second-order valence-corrected chi connectivity index (χ2v) is 9.91. The fourth-order valence-electron chi connectivity index (χ4n) is 5.03. The van der Waals surface area contributed by atoms with Gasteiger partial charge in [0, 0.05) is 26.2 Å². The average molecular weight is 515 g/mol. The number of hydrogen-bond acceptors (Lipinski definition) is 6. The highest BCUT2D eigenvalue weighted by Gasteiger charge is 2.42. The second kappa shape index (κ2) is 10.0. The molecule has 10 heteroatoms. The number of barbiturate groups is 1. The van der Waals surface area contributed by atoms with Gasteiger partial charge >= 0.3 is 6.03 Å². The van der Waals surface area contributed by atoms with Crippen molar-refractivity contribution in [2.24, 2.45) is 5.41 Å². The maximum absolute atomic E-state index is 13.3. The van der Waals surface area contributed by atoms with Gasteiger partial charge in [0.25, 0.3) is 17.4 Å². The van der Waals surface area contributed by atoms with Crippen LogP contribution in [0.25, 0.3) is 5.57 Å². The Morgan fingerprint density at radius 3 is 1.92 bits per heavy atom. The van der Waals surface area contributed by atoms with Crippen LogP contribution in [0.15, 0.2) is 33.7 Å².